The molecule has 0 spiro atoms. The first-order valence-corrected chi connectivity index (χ1v) is 6.41. The van der Waals surface area contributed by atoms with Crippen LogP contribution in [-0.2, 0) is 4.74 Å². The van der Waals surface area contributed by atoms with Gasteiger partial charge in [-0.3, -0.25) is 0 Å². The van der Waals surface area contributed by atoms with E-state index in [2.05, 4.69) is 13.0 Å². The zero-order valence-corrected chi connectivity index (χ0v) is 10.5. The lowest BCUT2D eigenvalue weighted by Crippen LogP contribution is -2.37. The molecule has 2 N–H and O–H groups in total. The fourth-order valence-electron chi connectivity index (χ4n) is 2.34. The third kappa shape index (κ3) is 4.11. The van der Waals surface area contributed by atoms with Gasteiger partial charge in [-0.05, 0) is 25.7 Å². The van der Waals surface area contributed by atoms with E-state index in [0.717, 1.165) is 0 Å². The number of nitrogens with zero attached hydrogens (tertiary/aromatic N) is 1. The first-order chi connectivity index (χ1) is 7.59. The molecule has 92 valence electrons. The van der Waals surface area contributed by atoms with E-state index in [1.165, 1.54) is 32.1 Å². The molecule has 1 aliphatic carbocycles. The standard InChI is InChI=1S/C13H24N2O/c1-3-11-6-4-5-7-12(11)16-9-8-13(2,15)10-14/h11-12H,3-9,15H2,1-2H3. The summed E-state index contributed by atoms with van der Waals surface area (Å²) < 4.78 is 5.89. The lowest BCUT2D eigenvalue weighted by Gasteiger charge is -2.31. The van der Waals surface area contributed by atoms with Gasteiger partial charge in [0.15, 0.2) is 0 Å². The van der Waals surface area contributed by atoms with E-state index < -0.39 is 5.54 Å². The molecular weight excluding hydrogens is 200 g/mol. The van der Waals surface area contributed by atoms with Gasteiger partial charge in [-0.2, -0.15) is 5.26 Å². The van der Waals surface area contributed by atoms with Gasteiger partial charge in [-0.25, -0.2) is 0 Å². The van der Waals surface area contributed by atoms with Crippen molar-refractivity contribution in [1.82, 2.24) is 0 Å². The Kier molecular flexibility index (Phi) is 5.24. The number of nitrogens with two attached hydrogens (primary N) is 1. The Labute approximate surface area is 99.0 Å². The van der Waals surface area contributed by atoms with Gasteiger partial charge >= 0.3 is 0 Å². The Morgan fingerprint density at radius 3 is 2.75 bits per heavy atom. The SMILES string of the molecule is CCC1CCCCC1OCCC(C)(N)C#N. The summed E-state index contributed by atoms with van der Waals surface area (Å²) >= 11 is 0. The Morgan fingerprint density at radius 2 is 2.12 bits per heavy atom. The third-order valence-electron chi connectivity index (χ3n) is 3.57. The van der Waals surface area contributed by atoms with Crippen LogP contribution in [0.5, 0.6) is 0 Å². The summed E-state index contributed by atoms with van der Waals surface area (Å²) in [5, 5.41) is 8.80. The molecule has 0 saturated heterocycles. The highest BCUT2D eigenvalue weighted by atomic mass is 16.5. The van der Waals surface area contributed by atoms with E-state index in [1.807, 2.05) is 0 Å². The Balaban J connectivity index is 2.28. The molecule has 3 atom stereocenters. The molecule has 16 heavy (non-hydrogen) atoms. The summed E-state index contributed by atoms with van der Waals surface area (Å²) in [4.78, 5) is 0. The van der Waals surface area contributed by atoms with Crippen LogP contribution in [-0.4, -0.2) is 18.2 Å². The van der Waals surface area contributed by atoms with Crippen LogP contribution in [0.4, 0.5) is 0 Å². The van der Waals surface area contributed by atoms with Gasteiger partial charge in [-0.1, -0.05) is 26.2 Å². The van der Waals surface area contributed by atoms with Crippen molar-refractivity contribution in [3.8, 4) is 6.07 Å². The molecule has 0 heterocycles. The van der Waals surface area contributed by atoms with Gasteiger partial charge in [0.25, 0.3) is 0 Å². The summed E-state index contributed by atoms with van der Waals surface area (Å²) in [5.74, 6) is 0.708. The van der Waals surface area contributed by atoms with Gasteiger partial charge < -0.3 is 10.5 Å². The number of ether oxygens (including phenoxy) is 1. The smallest absolute Gasteiger partial charge is 0.103 e. The van der Waals surface area contributed by atoms with Crippen molar-refractivity contribution in [2.24, 2.45) is 11.7 Å². The van der Waals surface area contributed by atoms with Crippen LogP contribution in [0.2, 0.25) is 0 Å². The largest absolute Gasteiger partial charge is 0.378 e. The van der Waals surface area contributed by atoms with Crippen molar-refractivity contribution in [2.75, 3.05) is 6.61 Å². The summed E-state index contributed by atoms with van der Waals surface area (Å²) in [6.07, 6.45) is 7.29. The van der Waals surface area contributed by atoms with E-state index in [9.17, 15) is 0 Å². The van der Waals surface area contributed by atoms with E-state index in [-0.39, 0.29) is 0 Å². The van der Waals surface area contributed by atoms with E-state index in [4.69, 9.17) is 15.7 Å². The molecule has 0 bridgehead atoms. The molecule has 1 aliphatic rings. The second kappa shape index (κ2) is 6.22. The van der Waals surface area contributed by atoms with E-state index in [1.54, 1.807) is 6.92 Å². The molecule has 0 aromatic rings. The van der Waals surface area contributed by atoms with Crippen LogP contribution < -0.4 is 5.73 Å². The second-order valence-electron chi connectivity index (χ2n) is 5.14. The summed E-state index contributed by atoms with van der Waals surface area (Å²) in [6.45, 7) is 4.60. The van der Waals surface area contributed by atoms with Crippen LogP contribution in [0.3, 0.4) is 0 Å². The quantitative estimate of drug-likeness (QED) is 0.781. The summed E-state index contributed by atoms with van der Waals surface area (Å²) in [5.41, 5.74) is 5.02. The number of rotatable bonds is 5. The van der Waals surface area contributed by atoms with Crippen molar-refractivity contribution in [1.29, 1.82) is 5.26 Å². The molecule has 1 saturated carbocycles. The van der Waals surface area contributed by atoms with Gasteiger partial charge in [0, 0.05) is 13.0 Å². The lowest BCUT2D eigenvalue weighted by molar-refractivity contribution is -0.0161. The number of hydrogen-bond acceptors (Lipinski definition) is 3. The molecule has 0 aromatic carbocycles. The molecule has 0 aromatic heterocycles. The molecule has 3 unspecified atom stereocenters. The normalized spacial score (nSPS) is 29.4. The number of hydrogen-bond donors (Lipinski definition) is 1. The molecule has 3 nitrogen and oxygen atoms in total. The average molecular weight is 224 g/mol. The van der Waals surface area contributed by atoms with Crippen LogP contribution in [0.25, 0.3) is 0 Å². The Bertz CT molecular complexity index is 245. The maximum Gasteiger partial charge on any atom is 0.103 e. The Hall–Kier alpha value is -0.590. The maximum absolute atomic E-state index is 8.80. The van der Waals surface area contributed by atoms with E-state index in [0.29, 0.717) is 25.0 Å². The monoisotopic (exact) mass is 224 g/mol. The van der Waals surface area contributed by atoms with Gasteiger partial charge in [0.2, 0.25) is 0 Å². The van der Waals surface area contributed by atoms with Crippen LogP contribution in [0.15, 0.2) is 0 Å². The molecular formula is C13H24N2O. The van der Waals surface area contributed by atoms with Crippen molar-refractivity contribution in [2.45, 2.75) is 64.0 Å². The average Bonchev–Trinajstić information content (AvgIpc) is 2.29. The van der Waals surface area contributed by atoms with Gasteiger partial charge in [0.05, 0.1) is 12.2 Å². The van der Waals surface area contributed by atoms with Crippen LogP contribution in [0.1, 0.15) is 52.4 Å². The van der Waals surface area contributed by atoms with Crippen molar-refractivity contribution < 1.29 is 4.74 Å². The predicted molar refractivity (Wildman–Crippen MR) is 64.8 cm³/mol. The molecule has 1 rings (SSSR count). The highest BCUT2D eigenvalue weighted by Gasteiger charge is 2.25. The zero-order chi connectivity index (χ0) is 12.0. The molecule has 3 heteroatoms. The molecule has 1 fully saturated rings. The lowest BCUT2D eigenvalue weighted by atomic mass is 9.85. The molecule has 0 radical (unpaired) electrons. The van der Waals surface area contributed by atoms with Gasteiger partial charge in [-0.15, -0.1) is 0 Å². The first-order valence-electron chi connectivity index (χ1n) is 6.41. The Morgan fingerprint density at radius 1 is 1.44 bits per heavy atom. The van der Waals surface area contributed by atoms with E-state index >= 15 is 0 Å². The van der Waals surface area contributed by atoms with Crippen molar-refractivity contribution in [3.63, 3.8) is 0 Å². The molecule has 0 amide bonds. The third-order valence-corrected chi connectivity index (χ3v) is 3.57. The zero-order valence-electron chi connectivity index (χ0n) is 10.5. The van der Waals surface area contributed by atoms with Crippen LogP contribution >= 0.6 is 0 Å². The van der Waals surface area contributed by atoms with Crippen molar-refractivity contribution >= 4 is 0 Å². The van der Waals surface area contributed by atoms with Crippen LogP contribution in [0, 0.1) is 17.2 Å². The molecule has 0 aliphatic heterocycles. The predicted octanol–water partition coefficient (Wildman–Crippen LogP) is 2.60. The summed E-state index contributed by atoms with van der Waals surface area (Å²) in [7, 11) is 0. The fourth-order valence-corrected chi connectivity index (χ4v) is 2.34. The minimum absolute atomic E-state index is 0.397. The minimum atomic E-state index is -0.740. The van der Waals surface area contributed by atoms with Gasteiger partial charge in [0.1, 0.15) is 5.54 Å². The summed E-state index contributed by atoms with van der Waals surface area (Å²) in [6, 6.07) is 2.10. The topological polar surface area (TPSA) is 59.0 Å². The first kappa shape index (κ1) is 13.5. The maximum atomic E-state index is 8.80. The highest BCUT2D eigenvalue weighted by Crippen LogP contribution is 2.29. The highest BCUT2D eigenvalue weighted by molar-refractivity contribution is 5.00. The second-order valence-corrected chi connectivity index (χ2v) is 5.14. The van der Waals surface area contributed by atoms with Crippen molar-refractivity contribution in [3.05, 3.63) is 0 Å². The fraction of sp³-hybridized carbons (Fsp3) is 0.923. The number of nitriles is 1. The minimum Gasteiger partial charge on any atom is -0.378 e.